The second-order valence-corrected chi connectivity index (χ2v) is 8.01. The first kappa shape index (κ1) is 18.6. The Morgan fingerprint density at radius 3 is 3.04 bits per heavy atom. The Bertz CT molecular complexity index is 727. The zero-order valence-corrected chi connectivity index (χ0v) is 16.2. The highest BCUT2D eigenvalue weighted by atomic mass is 32.1. The molecule has 0 N–H and O–H groups in total. The molecule has 0 aliphatic carbocycles. The summed E-state index contributed by atoms with van der Waals surface area (Å²) >= 11 is 1.46. The van der Waals surface area contributed by atoms with E-state index in [1.807, 2.05) is 22.4 Å². The van der Waals surface area contributed by atoms with Gasteiger partial charge in [-0.2, -0.15) is 4.98 Å². The summed E-state index contributed by atoms with van der Waals surface area (Å²) in [6.45, 7) is 3.75. The van der Waals surface area contributed by atoms with Gasteiger partial charge in [0.1, 0.15) is 6.04 Å². The minimum atomic E-state index is -0.121. The lowest BCUT2D eigenvalue weighted by Crippen LogP contribution is -2.30. The molecule has 0 bridgehead atoms. The monoisotopic (exact) mass is 391 g/mol. The number of likely N-dealkylation sites (tertiary alicyclic amines) is 1. The van der Waals surface area contributed by atoms with Crippen LogP contribution in [0.15, 0.2) is 22.0 Å². The third kappa shape index (κ3) is 4.56. The number of aromatic nitrogens is 2. The van der Waals surface area contributed by atoms with E-state index in [0.717, 1.165) is 56.9 Å². The fraction of sp³-hybridized carbons (Fsp3) is 0.632. The Morgan fingerprint density at radius 1 is 1.33 bits per heavy atom. The molecular weight excluding hydrogens is 366 g/mol. The third-order valence-corrected chi connectivity index (χ3v) is 6.04. The van der Waals surface area contributed by atoms with Crippen molar-refractivity contribution >= 4 is 17.2 Å². The summed E-state index contributed by atoms with van der Waals surface area (Å²) in [4.78, 5) is 19.8. The molecule has 1 amide bonds. The number of rotatable bonds is 7. The lowest BCUT2D eigenvalue weighted by molar-refractivity contribution is 0.0211. The van der Waals surface area contributed by atoms with Crippen LogP contribution in [-0.4, -0.2) is 53.9 Å². The van der Waals surface area contributed by atoms with Gasteiger partial charge in [-0.1, -0.05) is 11.2 Å². The van der Waals surface area contributed by atoms with Gasteiger partial charge in [0, 0.05) is 32.8 Å². The molecule has 1 atom stereocenters. The van der Waals surface area contributed by atoms with Crippen molar-refractivity contribution in [2.45, 2.75) is 38.1 Å². The SMILES string of the molecule is O=C(c1cccs1)N1CCCC1c1nc(CCOCC2CCOCC2)no1. The summed E-state index contributed by atoms with van der Waals surface area (Å²) in [7, 11) is 0. The Kier molecular flexibility index (Phi) is 6.16. The van der Waals surface area contributed by atoms with Gasteiger partial charge in [-0.05, 0) is 43.0 Å². The van der Waals surface area contributed by atoms with Crippen LogP contribution in [0.5, 0.6) is 0 Å². The van der Waals surface area contributed by atoms with Crippen molar-refractivity contribution in [2.24, 2.45) is 5.92 Å². The Morgan fingerprint density at radius 2 is 2.22 bits per heavy atom. The summed E-state index contributed by atoms with van der Waals surface area (Å²) in [6, 6.07) is 3.63. The molecule has 0 radical (unpaired) electrons. The summed E-state index contributed by atoms with van der Waals surface area (Å²) in [6.07, 6.45) is 4.58. The van der Waals surface area contributed by atoms with Gasteiger partial charge in [0.05, 0.1) is 11.5 Å². The number of thiophene rings is 1. The van der Waals surface area contributed by atoms with Crippen LogP contribution in [0.25, 0.3) is 0 Å². The predicted molar refractivity (Wildman–Crippen MR) is 99.7 cm³/mol. The summed E-state index contributed by atoms with van der Waals surface area (Å²) in [5.74, 6) is 1.83. The van der Waals surface area contributed by atoms with Crippen LogP contribution >= 0.6 is 11.3 Å². The zero-order valence-electron chi connectivity index (χ0n) is 15.3. The highest BCUT2D eigenvalue weighted by molar-refractivity contribution is 7.12. The molecule has 2 aliphatic heterocycles. The molecule has 1 unspecified atom stereocenters. The average Bonchev–Trinajstić information content (AvgIpc) is 3.47. The highest BCUT2D eigenvalue weighted by Gasteiger charge is 2.34. The van der Waals surface area contributed by atoms with E-state index in [1.165, 1.54) is 11.3 Å². The van der Waals surface area contributed by atoms with Crippen molar-refractivity contribution in [2.75, 3.05) is 33.0 Å². The largest absolute Gasteiger partial charge is 0.381 e. The number of hydrogen-bond donors (Lipinski definition) is 0. The minimum Gasteiger partial charge on any atom is -0.381 e. The van der Waals surface area contributed by atoms with Crippen LogP contribution in [0.3, 0.4) is 0 Å². The van der Waals surface area contributed by atoms with Gasteiger partial charge >= 0.3 is 0 Å². The summed E-state index contributed by atoms with van der Waals surface area (Å²) in [5.41, 5.74) is 0. The number of ether oxygens (including phenoxy) is 2. The van der Waals surface area contributed by atoms with Gasteiger partial charge in [-0.3, -0.25) is 4.79 Å². The van der Waals surface area contributed by atoms with E-state index in [1.54, 1.807) is 0 Å². The number of hydrogen-bond acceptors (Lipinski definition) is 7. The maximum Gasteiger partial charge on any atom is 0.264 e. The second kappa shape index (κ2) is 8.95. The first-order chi connectivity index (χ1) is 13.3. The quantitative estimate of drug-likeness (QED) is 0.675. The van der Waals surface area contributed by atoms with Gasteiger partial charge in [0.15, 0.2) is 5.82 Å². The van der Waals surface area contributed by atoms with Crippen LogP contribution in [0, 0.1) is 5.92 Å². The van der Waals surface area contributed by atoms with Crippen LogP contribution in [0.4, 0.5) is 0 Å². The van der Waals surface area contributed by atoms with E-state index in [0.29, 0.717) is 30.7 Å². The third-order valence-electron chi connectivity index (χ3n) is 5.18. The molecule has 4 heterocycles. The average molecular weight is 391 g/mol. The molecule has 2 aliphatic rings. The van der Waals surface area contributed by atoms with E-state index >= 15 is 0 Å². The number of amides is 1. The topological polar surface area (TPSA) is 77.7 Å². The van der Waals surface area contributed by atoms with E-state index in [-0.39, 0.29) is 11.9 Å². The van der Waals surface area contributed by atoms with Gasteiger partial charge in [0.2, 0.25) is 5.89 Å². The van der Waals surface area contributed by atoms with Crippen LogP contribution in [0.2, 0.25) is 0 Å². The Balaban J connectivity index is 1.28. The Hall–Kier alpha value is -1.77. The van der Waals surface area contributed by atoms with E-state index < -0.39 is 0 Å². The second-order valence-electron chi connectivity index (χ2n) is 7.06. The minimum absolute atomic E-state index is 0.0482. The van der Waals surface area contributed by atoms with Crippen molar-refractivity contribution in [1.82, 2.24) is 15.0 Å². The number of nitrogens with zero attached hydrogens (tertiary/aromatic N) is 3. The summed E-state index contributed by atoms with van der Waals surface area (Å²) < 4.78 is 16.6. The van der Waals surface area contributed by atoms with Crippen LogP contribution < -0.4 is 0 Å². The van der Waals surface area contributed by atoms with Gasteiger partial charge in [-0.25, -0.2) is 0 Å². The maximum absolute atomic E-state index is 12.7. The molecule has 146 valence electrons. The number of carbonyl (C=O) groups excluding carboxylic acids is 1. The molecule has 2 aromatic heterocycles. The van der Waals surface area contributed by atoms with Gasteiger partial charge in [0.25, 0.3) is 5.91 Å². The predicted octanol–water partition coefficient (Wildman–Crippen LogP) is 3.09. The van der Waals surface area contributed by atoms with E-state index in [9.17, 15) is 4.79 Å². The molecule has 2 saturated heterocycles. The summed E-state index contributed by atoms with van der Waals surface area (Å²) in [5, 5.41) is 6.00. The molecule has 27 heavy (non-hydrogen) atoms. The van der Waals surface area contributed by atoms with Crippen molar-refractivity contribution in [3.63, 3.8) is 0 Å². The zero-order chi connectivity index (χ0) is 18.5. The van der Waals surface area contributed by atoms with E-state index in [2.05, 4.69) is 10.1 Å². The Labute approximate surface area is 162 Å². The molecule has 0 saturated carbocycles. The molecular formula is C19H25N3O4S. The van der Waals surface area contributed by atoms with Crippen molar-refractivity contribution in [3.8, 4) is 0 Å². The van der Waals surface area contributed by atoms with Crippen molar-refractivity contribution in [1.29, 1.82) is 0 Å². The molecule has 0 spiro atoms. The van der Waals surface area contributed by atoms with Crippen LogP contribution in [-0.2, 0) is 15.9 Å². The maximum atomic E-state index is 12.7. The normalized spacial score (nSPS) is 21.0. The fourth-order valence-electron chi connectivity index (χ4n) is 3.64. The standard InChI is InChI=1S/C19H25N3O4S/c23-19(16-4-2-12-27-16)22-8-1-3-15(22)18-20-17(21-26-18)7-11-25-13-14-5-9-24-10-6-14/h2,4,12,14-15H,1,3,5-11,13H2. The molecule has 4 rings (SSSR count). The molecule has 8 heteroatoms. The smallest absolute Gasteiger partial charge is 0.264 e. The van der Waals surface area contributed by atoms with Crippen molar-refractivity contribution < 1.29 is 18.8 Å². The van der Waals surface area contributed by atoms with E-state index in [4.69, 9.17) is 14.0 Å². The fourth-order valence-corrected chi connectivity index (χ4v) is 4.32. The molecule has 0 aromatic carbocycles. The molecule has 2 fully saturated rings. The molecule has 2 aromatic rings. The van der Waals surface area contributed by atoms with Gasteiger partial charge < -0.3 is 18.9 Å². The van der Waals surface area contributed by atoms with Gasteiger partial charge in [-0.15, -0.1) is 11.3 Å². The number of carbonyl (C=O) groups is 1. The first-order valence-corrected chi connectivity index (χ1v) is 10.5. The van der Waals surface area contributed by atoms with Crippen LogP contribution in [0.1, 0.15) is 53.1 Å². The highest BCUT2D eigenvalue weighted by Crippen LogP contribution is 2.32. The first-order valence-electron chi connectivity index (χ1n) is 9.63. The van der Waals surface area contributed by atoms with Crippen molar-refractivity contribution in [3.05, 3.63) is 34.1 Å². The lowest BCUT2D eigenvalue weighted by Gasteiger charge is -2.21. The lowest BCUT2D eigenvalue weighted by atomic mass is 10.0. The molecule has 7 nitrogen and oxygen atoms in total.